The maximum atomic E-state index is 9.40. The Morgan fingerprint density at radius 2 is 2.08 bits per heavy atom. The Morgan fingerprint density at radius 1 is 1.25 bits per heavy atom. The lowest BCUT2D eigenvalue weighted by Crippen LogP contribution is -1.88. The molecule has 0 unspecified atom stereocenters. The van der Waals surface area contributed by atoms with Crippen LogP contribution in [0.25, 0.3) is 10.9 Å². The normalized spacial score (nSPS) is 10.3. The van der Waals surface area contributed by atoms with E-state index < -0.39 is 0 Å². The highest BCUT2D eigenvalue weighted by Gasteiger charge is 2.01. The summed E-state index contributed by atoms with van der Waals surface area (Å²) in [5.74, 6) is 0.215. The summed E-state index contributed by atoms with van der Waals surface area (Å²) in [6, 6.07) is 6.76. The Bertz CT molecular complexity index is 385. The molecule has 3 heteroatoms. The lowest BCUT2D eigenvalue weighted by Gasteiger charge is -2.01. The summed E-state index contributed by atoms with van der Waals surface area (Å²) in [4.78, 5) is 4.06. The van der Waals surface area contributed by atoms with Gasteiger partial charge in [-0.25, -0.2) is 0 Å². The molecule has 2 aromatic rings. The van der Waals surface area contributed by atoms with E-state index in [1.807, 2.05) is 0 Å². The molecule has 0 amide bonds. The molecule has 1 aromatic carbocycles. The fraction of sp³-hybridized carbons (Fsp3) is 0. The molecular weight excluding hydrogens is 152 g/mol. The average Bonchev–Trinajstić information content (AvgIpc) is 2.12. The Hall–Kier alpha value is -1.77. The number of nitrogens with zero attached hydrogens (tertiary/aromatic N) is 1. The van der Waals surface area contributed by atoms with Crippen molar-refractivity contribution < 1.29 is 5.11 Å². The molecule has 0 fully saturated rings. The smallest absolute Gasteiger partial charge is 0.125 e. The number of benzene rings is 1. The first-order valence-electron chi connectivity index (χ1n) is 3.61. The largest absolute Gasteiger partial charge is 0.507 e. The first-order valence-corrected chi connectivity index (χ1v) is 3.61. The molecule has 60 valence electrons. The summed E-state index contributed by atoms with van der Waals surface area (Å²) in [5, 5.41) is 10.1. The average molecular weight is 160 g/mol. The molecule has 0 aliphatic heterocycles. The van der Waals surface area contributed by atoms with E-state index in [4.69, 9.17) is 5.73 Å². The number of nitrogen functional groups attached to an aromatic ring is 1. The zero-order valence-corrected chi connectivity index (χ0v) is 6.36. The molecule has 0 spiro atoms. The third-order valence-electron chi connectivity index (χ3n) is 1.78. The second-order valence-electron chi connectivity index (χ2n) is 2.57. The van der Waals surface area contributed by atoms with Crippen LogP contribution in [0.1, 0.15) is 0 Å². The number of pyridine rings is 1. The quantitative estimate of drug-likeness (QED) is 0.453. The van der Waals surface area contributed by atoms with Gasteiger partial charge in [-0.3, -0.25) is 4.98 Å². The van der Waals surface area contributed by atoms with Crippen molar-refractivity contribution in [2.45, 2.75) is 0 Å². The van der Waals surface area contributed by atoms with Gasteiger partial charge in [0.1, 0.15) is 5.75 Å². The lowest BCUT2D eigenvalue weighted by molar-refractivity contribution is 0.481. The van der Waals surface area contributed by atoms with Crippen LogP contribution in [0.2, 0.25) is 0 Å². The number of aromatic hydroxyl groups is 1. The lowest BCUT2D eigenvalue weighted by atomic mass is 10.2. The van der Waals surface area contributed by atoms with Crippen LogP contribution in [0.4, 0.5) is 5.69 Å². The number of fused-ring (bicyclic) bond motifs is 1. The van der Waals surface area contributed by atoms with Crippen molar-refractivity contribution in [2.24, 2.45) is 0 Å². The SMILES string of the molecule is Nc1ccc(O)c2cccnc12. The van der Waals surface area contributed by atoms with Gasteiger partial charge in [-0.15, -0.1) is 0 Å². The third kappa shape index (κ3) is 0.871. The summed E-state index contributed by atoms with van der Waals surface area (Å²) in [5.41, 5.74) is 6.89. The van der Waals surface area contributed by atoms with Gasteiger partial charge in [-0.2, -0.15) is 0 Å². The summed E-state index contributed by atoms with van der Waals surface area (Å²) >= 11 is 0. The van der Waals surface area contributed by atoms with Gasteiger partial charge >= 0.3 is 0 Å². The van der Waals surface area contributed by atoms with Crippen LogP contribution in [-0.4, -0.2) is 10.1 Å². The predicted octanol–water partition coefficient (Wildman–Crippen LogP) is 1.52. The summed E-state index contributed by atoms with van der Waals surface area (Å²) in [6.45, 7) is 0. The monoisotopic (exact) mass is 160 g/mol. The van der Waals surface area contributed by atoms with Gasteiger partial charge in [0, 0.05) is 11.6 Å². The number of anilines is 1. The van der Waals surface area contributed by atoms with Gasteiger partial charge in [0.15, 0.2) is 0 Å². The third-order valence-corrected chi connectivity index (χ3v) is 1.78. The minimum absolute atomic E-state index is 0.215. The fourth-order valence-corrected chi connectivity index (χ4v) is 1.18. The Morgan fingerprint density at radius 3 is 2.83 bits per heavy atom. The van der Waals surface area contributed by atoms with E-state index in [1.54, 1.807) is 30.5 Å². The maximum Gasteiger partial charge on any atom is 0.125 e. The first kappa shape index (κ1) is 6.91. The molecule has 0 aliphatic carbocycles. The molecule has 0 bridgehead atoms. The number of nitrogens with two attached hydrogens (primary N) is 1. The minimum atomic E-state index is 0.215. The number of phenols is 1. The molecule has 1 heterocycles. The molecule has 12 heavy (non-hydrogen) atoms. The van der Waals surface area contributed by atoms with Crippen LogP contribution in [0.3, 0.4) is 0 Å². The van der Waals surface area contributed by atoms with Gasteiger partial charge < -0.3 is 10.8 Å². The molecule has 0 aliphatic rings. The highest BCUT2D eigenvalue weighted by molar-refractivity contribution is 5.93. The van der Waals surface area contributed by atoms with Crippen LogP contribution in [0.5, 0.6) is 5.75 Å². The van der Waals surface area contributed by atoms with E-state index in [1.165, 1.54) is 0 Å². The fourth-order valence-electron chi connectivity index (χ4n) is 1.18. The van der Waals surface area contributed by atoms with Crippen molar-refractivity contribution in [3.05, 3.63) is 30.5 Å². The van der Waals surface area contributed by atoms with Crippen molar-refractivity contribution in [1.82, 2.24) is 4.98 Å². The van der Waals surface area contributed by atoms with Crippen LogP contribution < -0.4 is 5.73 Å². The molecule has 0 saturated carbocycles. The molecule has 3 N–H and O–H groups in total. The van der Waals surface area contributed by atoms with Crippen molar-refractivity contribution in [1.29, 1.82) is 0 Å². The Kier molecular flexibility index (Phi) is 1.37. The Balaban J connectivity index is 2.95. The second-order valence-corrected chi connectivity index (χ2v) is 2.57. The molecule has 2 rings (SSSR count). The molecule has 1 aromatic heterocycles. The minimum Gasteiger partial charge on any atom is -0.507 e. The zero-order valence-electron chi connectivity index (χ0n) is 6.36. The molecule has 3 nitrogen and oxygen atoms in total. The van der Waals surface area contributed by atoms with E-state index in [0.29, 0.717) is 16.6 Å². The predicted molar refractivity (Wildman–Crippen MR) is 47.8 cm³/mol. The molecule has 0 atom stereocenters. The van der Waals surface area contributed by atoms with Crippen LogP contribution >= 0.6 is 0 Å². The highest BCUT2D eigenvalue weighted by atomic mass is 16.3. The number of rotatable bonds is 0. The molecular formula is C9H8N2O. The van der Waals surface area contributed by atoms with Gasteiger partial charge in [-0.1, -0.05) is 0 Å². The van der Waals surface area contributed by atoms with Crippen LogP contribution in [0, 0.1) is 0 Å². The van der Waals surface area contributed by atoms with Crippen LogP contribution in [-0.2, 0) is 0 Å². The maximum absolute atomic E-state index is 9.40. The summed E-state index contributed by atoms with van der Waals surface area (Å²) < 4.78 is 0. The summed E-state index contributed by atoms with van der Waals surface area (Å²) in [6.07, 6.45) is 1.65. The zero-order chi connectivity index (χ0) is 8.55. The van der Waals surface area contributed by atoms with E-state index in [2.05, 4.69) is 4.98 Å². The van der Waals surface area contributed by atoms with Gasteiger partial charge in [-0.05, 0) is 24.3 Å². The van der Waals surface area contributed by atoms with E-state index in [0.717, 1.165) is 0 Å². The topological polar surface area (TPSA) is 59.1 Å². The van der Waals surface area contributed by atoms with Crippen molar-refractivity contribution in [3.8, 4) is 5.75 Å². The van der Waals surface area contributed by atoms with Crippen molar-refractivity contribution in [3.63, 3.8) is 0 Å². The standard InChI is InChI=1S/C9H8N2O/c10-7-3-4-8(12)6-2-1-5-11-9(6)7/h1-5,12H,10H2. The van der Waals surface area contributed by atoms with Crippen molar-refractivity contribution in [2.75, 3.05) is 5.73 Å². The number of hydrogen-bond donors (Lipinski definition) is 2. The van der Waals surface area contributed by atoms with E-state index in [9.17, 15) is 5.11 Å². The van der Waals surface area contributed by atoms with Gasteiger partial charge in [0.25, 0.3) is 0 Å². The van der Waals surface area contributed by atoms with Gasteiger partial charge in [0.05, 0.1) is 11.2 Å². The number of hydrogen-bond acceptors (Lipinski definition) is 3. The van der Waals surface area contributed by atoms with E-state index >= 15 is 0 Å². The highest BCUT2D eigenvalue weighted by Crippen LogP contribution is 2.26. The van der Waals surface area contributed by atoms with Gasteiger partial charge in [0.2, 0.25) is 0 Å². The Labute approximate surface area is 69.5 Å². The van der Waals surface area contributed by atoms with Crippen molar-refractivity contribution >= 4 is 16.6 Å². The molecule has 0 radical (unpaired) electrons. The number of aromatic nitrogens is 1. The first-order chi connectivity index (χ1) is 5.79. The van der Waals surface area contributed by atoms with E-state index in [-0.39, 0.29) is 5.75 Å². The van der Waals surface area contributed by atoms with Crippen LogP contribution in [0.15, 0.2) is 30.5 Å². The summed E-state index contributed by atoms with van der Waals surface area (Å²) in [7, 11) is 0. The second kappa shape index (κ2) is 2.37. The number of phenolic OH excluding ortho intramolecular Hbond substituents is 1. The molecule has 0 saturated heterocycles.